The topological polar surface area (TPSA) is 67.4 Å². The number of anilines is 1. The SMILES string of the molecule is COc1ccc2c(c1)C(=CC(=O)c1cccc(NC(=O)c3ccccc3Cl)c1)NC(C)(C)C2. The molecule has 0 unspecified atom stereocenters. The van der Waals surface area contributed by atoms with Gasteiger partial charge in [0.1, 0.15) is 5.75 Å². The summed E-state index contributed by atoms with van der Waals surface area (Å²) >= 11 is 6.12. The van der Waals surface area contributed by atoms with Gasteiger partial charge in [-0.25, -0.2) is 0 Å². The molecule has 1 aliphatic heterocycles. The third kappa shape index (κ3) is 5.10. The number of benzene rings is 3. The standard InChI is InChI=1S/C27H25ClN2O3/c1-27(2)16-18-11-12-20(33-3)14-22(18)24(30-27)15-25(31)17-7-6-8-19(13-17)29-26(32)21-9-4-5-10-23(21)28/h4-15,30H,16H2,1-3H3,(H,29,32). The molecule has 6 heteroatoms. The summed E-state index contributed by atoms with van der Waals surface area (Å²) in [6.45, 7) is 4.20. The van der Waals surface area contributed by atoms with Gasteiger partial charge < -0.3 is 15.4 Å². The van der Waals surface area contributed by atoms with E-state index in [0.29, 0.717) is 21.8 Å². The van der Waals surface area contributed by atoms with Gasteiger partial charge in [-0.1, -0.05) is 41.9 Å². The van der Waals surface area contributed by atoms with Crippen molar-refractivity contribution >= 4 is 34.7 Å². The highest BCUT2D eigenvalue weighted by Crippen LogP contribution is 2.32. The molecule has 0 saturated heterocycles. The zero-order valence-corrected chi connectivity index (χ0v) is 19.5. The van der Waals surface area contributed by atoms with Crippen LogP contribution in [-0.2, 0) is 6.42 Å². The van der Waals surface area contributed by atoms with Crippen molar-refractivity contribution in [1.29, 1.82) is 0 Å². The zero-order chi connectivity index (χ0) is 23.6. The number of carbonyl (C=O) groups excluding carboxylic acids is 2. The maximum atomic E-state index is 13.2. The Morgan fingerprint density at radius 2 is 1.85 bits per heavy atom. The van der Waals surface area contributed by atoms with E-state index in [1.54, 1.807) is 61.7 Å². The minimum Gasteiger partial charge on any atom is -0.497 e. The molecule has 0 aliphatic carbocycles. The summed E-state index contributed by atoms with van der Waals surface area (Å²) in [7, 11) is 1.62. The maximum Gasteiger partial charge on any atom is 0.257 e. The van der Waals surface area contributed by atoms with Crippen LogP contribution in [0.15, 0.2) is 72.8 Å². The Hall–Kier alpha value is -3.57. The molecule has 1 amide bonds. The maximum absolute atomic E-state index is 13.2. The predicted molar refractivity (Wildman–Crippen MR) is 132 cm³/mol. The molecular formula is C27H25ClN2O3. The first-order valence-corrected chi connectivity index (χ1v) is 11.0. The van der Waals surface area contributed by atoms with Crippen molar-refractivity contribution in [3.05, 3.63) is 100 Å². The lowest BCUT2D eigenvalue weighted by molar-refractivity contribution is 0.102. The second-order valence-corrected chi connectivity index (χ2v) is 9.05. The number of halogens is 1. The first-order valence-electron chi connectivity index (χ1n) is 10.6. The lowest BCUT2D eigenvalue weighted by Gasteiger charge is -2.35. The molecule has 0 aromatic heterocycles. The van der Waals surface area contributed by atoms with E-state index in [4.69, 9.17) is 16.3 Å². The second kappa shape index (κ2) is 9.12. The number of ketones is 1. The molecule has 5 nitrogen and oxygen atoms in total. The van der Waals surface area contributed by atoms with E-state index < -0.39 is 0 Å². The minimum absolute atomic E-state index is 0.169. The summed E-state index contributed by atoms with van der Waals surface area (Å²) in [5.41, 5.74) is 4.01. The van der Waals surface area contributed by atoms with Crippen molar-refractivity contribution in [3.63, 3.8) is 0 Å². The van der Waals surface area contributed by atoms with Crippen LogP contribution in [0, 0.1) is 0 Å². The molecule has 1 aliphatic rings. The molecule has 0 bridgehead atoms. The van der Waals surface area contributed by atoms with Crippen LogP contribution in [0.5, 0.6) is 5.75 Å². The third-order valence-corrected chi connectivity index (χ3v) is 5.84. The summed E-state index contributed by atoms with van der Waals surface area (Å²) < 4.78 is 5.38. The smallest absolute Gasteiger partial charge is 0.257 e. The second-order valence-electron chi connectivity index (χ2n) is 8.65. The summed E-state index contributed by atoms with van der Waals surface area (Å²) in [6.07, 6.45) is 2.44. The molecule has 0 spiro atoms. The third-order valence-electron chi connectivity index (χ3n) is 5.51. The Bertz CT molecular complexity index is 1260. The van der Waals surface area contributed by atoms with E-state index in [2.05, 4.69) is 24.5 Å². The Morgan fingerprint density at radius 1 is 1.06 bits per heavy atom. The summed E-state index contributed by atoms with van der Waals surface area (Å²) in [6, 6.07) is 19.6. The zero-order valence-electron chi connectivity index (χ0n) is 18.7. The van der Waals surface area contributed by atoms with Crippen molar-refractivity contribution < 1.29 is 14.3 Å². The quantitative estimate of drug-likeness (QED) is 0.376. The number of fused-ring (bicyclic) bond motifs is 1. The van der Waals surface area contributed by atoms with Gasteiger partial charge in [0.05, 0.1) is 17.7 Å². The lowest BCUT2D eigenvalue weighted by atomic mass is 9.85. The van der Waals surface area contributed by atoms with E-state index in [-0.39, 0.29) is 17.2 Å². The Kier molecular flexibility index (Phi) is 6.25. The predicted octanol–water partition coefficient (Wildman–Crippen LogP) is 5.75. The highest BCUT2D eigenvalue weighted by molar-refractivity contribution is 6.34. The number of allylic oxidation sites excluding steroid dienone is 1. The normalized spacial score (nSPS) is 15.3. The van der Waals surface area contributed by atoms with Gasteiger partial charge in [-0.05, 0) is 62.2 Å². The fraction of sp³-hybridized carbons (Fsp3) is 0.185. The number of rotatable bonds is 5. The van der Waals surface area contributed by atoms with Crippen LogP contribution in [0.1, 0.15) is 45.7 Å². The number of ether oxygens (including phenoxy) is 1. The Morgan fingerprint density at radius 3 is 2.61 bits per heavy atom. The Balaban J connectivity index is 1.62. The number of hydrogen-bond donors (Lipinski definition) is 2. The fourth-order valence-electron chi connectivity index (χ4n) is 3.96. The average Bonchev–Trinajstić information content (AvgIpc) is 2.78. The van der Waals surface area contributed by atoms with Crippen LogP contribution < -0.4 is 15.4 Å². The molecule has 0 saturated carbocycles. The molecular weight excluding hydrogens is 436 g/mol. The average molecular weight is 461 g/mol. The van der Waals surface area contributed by atoms with Gasteiger partial charge in [-0.3, -0.25) is 9.59 Å². The van der Waals surface area contributed by atoms with Crippen molar-refractivity contribution in [3.8, 4) is 5.75 Å². The molecule has 0 radical (unpaired) electrons. The van der Waals surface area contributed by atoms with Gasteiger partial charge in [0, 0.05) is 34.1 Å². The van der Waals surface area contributed by atoms with Crippen LogP contribution in [0.3, 0.4) is 0 Å². The van der Waals surface area contributed by atoms with Gasteiger partial charge in [0.25, 0.3) is 5.91 Å². The number of hydrogen-bond acceptors (Lipinski definition) is 4. The molecule has 3 aromatic rings. The van der Waals surface area contributed by atoms with Crippen LogP contribution in [0.4, 0.5) is 5.69 Å². The number of methoxy groups -OCH3 is 1. The Labute approximate surface area is 198 Å². The highest BCUT2D eigenvalue weighted by atomic mass is 35.5. The highest BCUT2D eigenvalue weighted by Gasteiger charge is 2.28. The van der Waals surface area contributed by atoms with E-state index in [1.807, 2.05) is 18.2 Å². The van der Waals surface area contributed by atoms with Crippen LogP contribution in [0.2, 0.25) is 5.02 Å². The van der Waals surface area contributed by atoms with Gasteiger partial charge >= 0.3 is 0 Å². The van der Waals surface area contributed by atoms with Gasteiger partial charge in [-0.15, -0.1) is 0 Å². The van der Waals surface area contributed by atoms with E-state index in [1.165, 1.54) is 0 Å². The molecule has 2 N–H and O–H groups in total. The molecule has 0 fully saturated rings. The molecule has 168 valence electrons. The summed E-state index contributed by atoms with van der Waals surface area (Å²) in [4.78, 5) is 25.8. The van der Waals surface area contributed by atoms with E-state index in [9.17, 15) is 9.59 Å². The van der Waals surface area contributed by atoms with Gasteiger partial charge in [0.15, 0.2) is 5.78 Å². The lowest BCUT2D eigenvalue weighted by Crippen LogP contribution is -2.43. The van der Waals surface area contributed by atoms with E-state index >= 15 is 0 Å². The summed E-state index contributed by atoms with van der Waals surface area (Å²) in [5.74, 6) is 0.232. The van der Waals surface area contributed by atoms with Gasteiger partial charge in [0.2, 0.25) is 0 Å². The van der Waals surface area contributed by atoms with E-state index in [0.717, 1.165) is 29.0 Å². The molecule has 33 heavy (non-hydrogen) atoms. The van der Waals surface area contributed by atoms with Gasteiger partial charge in [-0.2, -0.15) is 0 Å². The minimum atomic E-state index is -0.333. The van der Waals surface area contributed by atoms with Crippen LogP contribution >= 0.6 is 11.6 Å². The first kappa shape index (κ1) is 22.6. The molecule has 0 atom stereocenters. The number of nitrogens with one attached hydrogen (secondary N) is 2. The summed E-state index contributed by atoms with van der Waals surface area (Å²) in [5, 5.41) is 6.66. The molecule has 4 rings (SSSR count). The fourth-order valence-corrected chi connectivity index (χ4v) is 4.18. The van der Waals surface area contributed by atoms with Crippen LogP contribution in [-0.4, -0.2) is 24.3 Å². The largest absolute Gasteiger partial charge is 0.497 e. The van der Waals surface area contributed by atoms with Crippen molar-refractivity contribution in [2.24, 2.45) is 0 Å². The van der Waals surface area contributed by atoms with Crippen LogP contribution in [0.25, 0.3) is 5.70 Å². The van der Waals surface area contributed by atoms with Crippen molar-refractivity contribution in [2.45, 2.75) is 25.8 Å². The van der Waals surface area contributed by atoms with Crippen molar-refractivity contribution in [1.82, 2.24) is 5.32 Å². The first-order chi connectivity index (χ1) is 15.8. The molecule has 3 aromatic carbocycles. The number of amides is 1. The molecule has 1 heterocycles. The van der Waals surface area contributed by atoms with Crippen molar-refractivity contribution in [2.75, 3.05) is 12.4 Å². The monoisotopic (exact) mass is 460 g/mol. The number of carbonyl (C=O) groups is 2.